The summed E-state index contributed by atoms with van der Waals surface area (Å²) in [6.45, 7) is 5.76. The van der Waals surface area contributed by atoms with Gasteiger partial charge >= 0.3 is 59.1 Å². The van der Waals surface area contributed by atoms with Crippen molar-refractivity contribution in [2.75, 3.05) is 0 Å². The van der Waals surface area contributed by atoms with Crippen LogP contribution in [0.5, 0.6) is 0 Å². The van der Waals surface area contributed by atoms with Crippen molar-refractivity contribution in [3.05, 3.63) is 0 Å². The van der Waals surface area contributed by atoms with Gasteiger partial charge in [0.05, 0.1) is 5.97 Å². The van der Waals surface area contributed by atoms with E-state index in [0.717, 1.165) is 32.1 Å². The molecule has 0 bridgehead atoms. The minimum absolute atomic E-state index is 0. The van der Waals surface area contributed by atoms with Crippen molar-refractivity contribution in [3.63, 3.8) is 0 Å². The van der Waals surface area contributed by atoms with Crippen LogP contribution in [0.1, 0.15) is 91.4 Å². The third-order valence-corrected chi connectivity index (χ3v) is 6.30. The van der Waals surface area contributed by atoms with Crippen molar-refractivity contribution in [3.8, 4) is 0 Å². The van der Waals surface area contributed by atoms with Crippen LogP contribution in [-0.2, 0) is 19.7 Å². The van der Waals surface area contributed by atoms with E-state index in [1.165, 1.54) is 6.42 Å². The first kappa shape index (κ1) is 34.5. The monoisotopic (exact) mass is 452 g/mol. The average Bonchev–Trinajstić information content (AvgIpc) is 2.52. The van der Waals surface area contributed by atoms with E-state index in [9.17, 15) is 32.8 Å². The van der Waals surface area contributed by atoms with Crippen LogP contribution in [0, 0.1) is 11.3 Å². The molecule has 0 heterocycles. The zero-order chi connectivity index (χ0) is 21.1. The third-order valence-electron chi connectivity index (χ3n) is 5.06. The zero-order valence-electron chi connectivity index (χ0n) is 18.7. The third kappa shape index (κ3) is 13.1. The minimum Gasteiger partial charge on any atom is -0.549 e. The molecule has 7 nitrogen and oxygen atoms in total. The normalized spacial score (nSPS) is 14.4. The van der Waals surface area contributed by atoms with Crippen LogP contribution in [0.25, 0.3) is 0 Å². The molecule has 0 aromatic rings. The molecule has 0 rings (SSSR count). The Morgan fingerprint density at radius 3 is 1.69 bits per heavy atom. The summed E-state index contributed by atoms with van der Waals surface area (Å²) in [6, 6.07) is 0. The molecular formula is C19H34Na2O7S. The van der Waals surface area contributed by atoms with E-state index >= 15 is 0 Å². The summed E-state index contributed by atoms with van der Waals surface area (Å²) in [7, 11) is -5.16. The predicted octanol–water partition coefficient (Wildman–Crippen LogP) is -4.30. The number of carboxylic acid groups (broad SMARTS) is 2. The van der Waals surface area contributed by atoms with E-state index < -0.39 is 32.7 Å². The maximum atomic E-state index is 11.9. The molecule has 0 saturated carbocycles. The fourth-order valence-corrected chi connectivity index (χ4v) is 4.60. The van der Waals surface area contributed by atoms with E-state index in [-0.39, 0.29) is 77.9 Å². The van der Waals surface area contributed by atoms with Gasteiger partial charge in [-0.2, -0.15) is 8.42 Å². The number of hydrogen-bond acceptors (Lipinski definition) is 6. The molecule has 0 amide bonds. The number of rotatable bonds is 16. The Balaban J connectivity index is -0.00000338. The second kappa shape index (κ2) is 17.4. The van der Waals surface area contributed by atoms with Gasteiger partial charge in [0.1, 0.15) is 5.25 Å². The predicted molar refractivity (Wildman–Crippen MR) is 99.1 cm³/mol. The van der Waals surface area contributed by atoms with Gasteiger partial charge in [-0.1, -0.05) is 78.6 Å². The van der Waals surface area contributed by atoms with Crippen molar-refractivity contribution in [2.45, 2.75) is 96.7 Å². The molecule has 0 saturated heterocycles. The maximum absolute atomic E-state index is 11.9. The van der Waals surface area contributed by atoms with Gasteiger partial charge in [-0.15, -0.1) is 0 Å². The largest absolute Gasteiger partial charge is 1.00 e. The molecular weight excluding hydrogens is 418 g/mol. The second-order valence-electron chi connectivity index (χ2n) is 7.82. The summed E-state index contributed by atoms with van der Waals surface area (Å²) in [4.78, 5) is 23.3. The molecule has 0 aliphatic rings. The Labute approximate surface area is 220 Å². The van der Waals surface area contributed by atoms with Crippen LogP contribution >= 0.6 is 0 Å². The number of carbonyl (C=O) groups excluding carboxylic acids is 2. The Hall–Kier alpha value is 0.850. The van der Waals surface area contributed by atoms with Gasteiger partial charge < -0.3 is 19.8 Å². The van der Waals surface area contributed by atoms with Crippen LogP contribution < -0.4 is 69.3 Å². The zero-order valence-corrected chi connectivity index (χ0v) is 23.6. The van der Waals surface area contributed by atoms with Gasteiger partial charge in [-0.3, -0.25) is 4.55 Å². The number of aliphatic carboxylic acids is 2. The van der Waals surface area contributed by atoms with Gasteiger partial charge in [0, 0.05) is 11.4 Å². The van der Waals surface area contributed by atoms with Crippen molar-refractivity contribution in [1.82, 2.24) is 0 Å². The minimum atomic E-state index is -5.16. The van der Waals surface area contributed by atoms with Crippen molar-refractivity contribution < 1.29 is 91.9 Å². The molecule has 0 aromatic carbocycles. The smallest absolute Gasteiger partial charge is 0.549 e. The van der Waals surface area contributed by atoms with Crippen LogP contribution in [0.2, 0.25) is 0 Å². The van der Waals surface area contributed by atoms with E-state index in [0.29, 0.717) is 19.3 Å². The molecule has 0 spiro atoms. The Morgan fingerprint density at radius 1 is 0.897 bits per heavy atom. The maximum Gasteiger partial charge on any atom is 1.00 e. The summed E-state index contributed by atoms with van der Waals surface area (Å²) in [5.74, 6) is -3.84. The van der Waals surface area contributed by atoms with Crippen molar-refractivity contribution in [1.29, 1.82) is 0 Å². The number of unbranched alkanes of at least 4 members (excludes halogenated alkanes) is 7. The Bertz CT molecular complexity index is 567. The average molecular weight is 453 g/mol. The van der Waals surface area contributed by atoms with Crippen LogP contribution in [0.4, 0.5) is 0 Å². The number of hydrogen-bond donors (Lipinski definition) is 1. The van der Waals surface area contributed by atoms with Gasteiger partial charge in [0.2, 0.25) is 0 Å². The van der Waals surface area contributed by atoms with Gasteiger partial charge in [0.25, 0.3) is 10.1 Å². The molecule has 29 heavy (non-hydrogen) atoms. The Kier molecular flexibility index (Phi) is 20.7. The van der Waals surface area contributed by atoms with E-state index in [1.54, 1.807) is 0 Å². The molecule has 2 unspecified atom stereocenters. The molecule has 0 radical (unpaired) electrons. The van der Waals surface area contributed by atoms with Crippen LogP contribution in [0.3, 0.4) is 0 Å². The topological polar surface area (TPSA) is 135 Å². The first-order chi connectivity index (χ1) is 12.5. The summed E-state index contributed by atoms with van der Waals surface area (Å²) < 4.78 is 32.7. The number of carboxylic acids is 2. The van der Waals surface area contributed by atoms with E-state index in [4.69, 9.17) is 0 Å². The van der Waals surface area contributed by atoms with Gasteiger partial charge in [-0.05, 0) is 18.8 Å². The summed E-state index contributed by atoms with van der Waals surface area (Å²) >= 11 is 0. The molecule has 2 atom stereocenters. The van der Waals surface area contributed by atoms with E-state index in [2.05, 4.69) is 6.92 Å². The fourth-order valence-electron chi connectivity index (χ4n) is 3.45. The van der Waals surface area contributed by atoms with Gasteiger partial charge in [0.15, 0.2) is 0 Å². The van der Waals surface area contributed by atoms with E-state index in [1.807, 2.05) is 13.8 Å². The Morgan fingerprint density at radius 2 is 1.34 bits per heavy atom. The second-order valence-corrected chi connectivity index (χ2v) is 9.32. The molecule has 0 aliphatic carbocycles. The summed E-state index contributed by atoms with van der Waals surface area (Å²) in [5.41, 5.74) is -2.20. The molecule has 160 valence electrons. The molecule has 0 aliphatic heterocycles. The molecule has 1 N–H and O–H groups in total. The SMILES string of the molecule is CCCCCCCCCCC(CCC(C)C)(C(=O)[O-])C(C(=O)[O-])S(=O)(=O)O.[Na+].[Na+]. The first-order valence-electron chi connectivity index (χ1n) is 9.87. The van der Waals surface area contributed by atoms with Gasteiger partial charge in [-0.25, -0.2) is 0 Å². The summed E-state index contributed by atoms with van der Waals surface area (Å²) in [5, 5.41) is 20.8. The quantitative estimate of drug-likeness (QED) is 0.142. The molecule has 0 aromatic heterocycles. The standard InChI is InChI=1S/C19H36O7S.2Na/c1-4-5-6-7-8-9-10-11-13-19(18(22)23,14-12-15(2)3)16(17(20)21)27(24,25)26;;/h15-16H,4-14H2,1-3H3,(H,20,21)(H,22,23)(H,24,25,26);;/q;2*+1/p-2. The molecule has 0 fully saturated rings. The number of carbonyl (C=O) groups is 2. The van der Waals surface area contributed by atoms with Crippen molar-refractivity contribution >= 4 is 22.1 Å². The first-order valence-corrected chi connectivity index (χ1v) is 11.4. The van der Waals surface area contributed by atoms with Crippen LogP contribution in [-0.4, -0.2) is 30.2 Å². The van der Waals surface area contributed by atoms with Crippen LogP contribution in [0.15, 0.2) is 0 Å². The summed E-state index contributed by atoms with van der Waals surface area (Å²) in [6.07, 6.45) is 7.30. The molecule has 10 heteroatoms. The van der Waals surface area contributed by atoms with Crippen molar-refractivity contribution in [2.24, 2.45) is 11.3 Å². The fraction of sp³-hybridized carbons (Fsp3) is 0.895.